The second-order valence-electron chi connectivity index (χ2n) is 8.86. The molecule has 4 N–H and O–H groups in total. The first-order valence-electron chi connectivity index (χ1n) is 12.4. The molecule has 0 radical (unpaired) electrons. The standard InChI is InChI=1S/C26H39N3O6/c1-2-9-21(16-24(32)29-15-8-13-23(29)18-31)25(33)28-22(17-30)12-6-7-14-27-26(34)35-19-20-10-4-3-5-11-20/h2-5,10-11,21-23,30-31H,1,6-9,12-19H2,(H,27,34)(H,28,33). The molecular weight excluding hydrogens is 450 g/mol. The van der Waals surface area contributed by atoms with Crippen LogP contribution < -0.4 is 10.6 Å². The number of hydrogen-bond acceptors (Lipinski definition) is 6. The number of carbonyl (C=O) groups excluding carboxylic acids is 3. The minimum Gasteiger partial charge on any atom is -0.445 e. The van der Waals surface area contributed by atoms with Gasteiger partial charge in [0.1, 0.15) is 6.61 Å². The van der Waals surface area contributed by atoms with Crippen LogP contribution in [0.1, 0.15) is 50.5 Å². The summed E-state index contributed by atoms with van der Waals surface area (Å²) < 4.78 is 5.16. The van der Waals surface area contributed by atoms with Gasteiger partial charge >= 0.3 is 6.09 Å². The lowest BCUT2D eigenvalue weighted by Crippen LogP contribution is -2.44. The second-order valence-corrected chi connectivity index (χ2v) is 8.86. The lowest BCUT2D eigenvalue weighted by molar-refractivity contribution is -0.137. The lowest BCUT2D eigenvalue weighted by atomic mass is 9.98. The van der Waals surface area contributed by atoms with Gasteiger partial charge in [0.05, 0.1) is 31.2 Å². The number of aliphatic hydroxyl groups excluding tert-OH is 2. The molecule has 2 rings (SSSR count). The molecule has 1 aliphatic heterocycles. The third-order valence-electron chi connectivity index (χ3n) is 6.18. The zero-order valence-corrected chi connectivity index (χ0v) is 20.4. The van der Waals surface area contributed by atoms with Crippen LogP contribution >= 0.6 is 0 Å². The van der Waals surface area contributed by atoms with E-state index in [0.717, 1.165) is 18.4 Å². The van der Waals surface area contributed by atoms with Crippen LogP contribution in [0.15, 0.2) is 43.0 Å². The third-order valence-corrected chi connectivity index (χ3v) is 6.18. The molecule has 3 unspecified atom stereocenters. The fourth-order valence-corrected chi connectivity index (χ4v) is 4.17. The summed E-state index contributed by atoms with van der Waals surface area (Å²) in [5.41, 5.74) is 0.911. The van der Waals surface area contributed by atoms with Crippen molar-refractivity contribution in [3.05, 3.63) is 48.6 Å². The van der Waals surface area contributed by atoms with Gasteiger partial charge in [-0.3, -0.25) is 9.59 Å². The van der Waals surface area contributed by atoms with Crippen LogP contribution in [0.4, 0.5) is 4.79 Å². The van der Waals surface area contributed by atoms with E-state index in [0.29, 0.717) is 38.8 Å². The van der Waals surface area contributed by atoms with E-state index in [1.165, 1.54) is 0 Å². The third kappa shape index (κ3) is 10.1. The Morgan fingerprint density at radius 2 is 1.97 bits per heavy atom. The van der Waals surface area contributed by atoms with Crippen molar-refractivity contribution >= 4 is 17.9 Å². The first-order chi connectivity index (χ1) is 17.0. The predicted octanol–water partition coefficient (Wildman–Crippen LogP) is 2.13. The molecule has 0 aliphatic carbocycles. The lowest BCUT2D eigenvalue weighted by Gasteiger charge is -2.26. The maximum Gasteiger partial charge on any atom is 0.407 e. The van der Waals surface area contributed by atoms with Crippen LogP contribution in [0.5, 0.6) is 0 Å². The number of allylic oxidation sites excluding steroid dienone is 1. The number of aliphatic hydroxyl groups is 2. The summed E-state index contributed by atoms with van der Waals surface area (Å²) >= 11 is 0. The van der Waals surface area contributed by atoms with Gasteiger partial charge in [-0.05, 0) is 44.1 Å². The average molecular weight is 490 g/mol. The fraction of sp³-hybridized carbons (Fsp3) is 0.577. The van der Waals surface area contributed by atoms with Gasteiger partial charge in [0, 0.05) is 19.5 Å². The molecule has 9 nitrogen and oxygen atoms in total. The normalized spacial score (nSPS) is 16.9. The van der Waals surface area contributed by atoms with Crippen molar-refractivity contribution in [2.75, 3.05) is 26.3 Å². The van der Waals surface area contributed by atoms with Crippen molar-refractivity contribution in [1.82, 2.24) is 15.5 Å². The SMILES string of the molecule is C=CCC(CC(=O)N1CCCC1CO)C(=O)NC(CO)CCCCNC(=O)OCc1ccccc1. The van der Waals surface area contributed by atoms with Crippen LogP contribution in [0.3, 0.4) is 0 Å². The Labute approximate surface area is 207 Å². The molecule has 0 aromatic heterocycles. The largest absolute Gasteiger partial charge is 0.445 e. The van der Waals surface area contributed by atoms with Crippen molar-refractivity contribution < 1.29 is 29.3 Å². The summed E-state index contributed by atoms with van der Waals surface area (Å²) in [7, 11) is 0. The number of rotatable bonds is 15. The van der Waals surface area contributed by atoms with E-state index in [9.17, 15) is 24.6 Å². The summed E-state index contributed by atoms with van der Waals surface area (Å²) in [6.07, 6.45) is 5.02. The number of ether oxygens (including phenoxy) is 1. The highest BCUT2D eigenvalue weighted by Crippen LogP contribution is 2.21. The maximum absolute atomic E-state index is 12.8. The average Bonchev–Trinajstić information content (AvgIpc) is 3.36. The van der Waals surface area contributed by atoms with E-state index < -0.39 is 18.1 Å². The number of nitrogens with zero attached hydrogens (tertiary/aromatic N) is 1. The van der Waals surface area contributed by atoms with Crippen molar-refractivity contribution in [2.45, 2.75) is 63.6 Å². The highest BCUT2D eigenvalue weighted by molar-refractivity contribution is 5.86. The van der Waals surface area contributed by atoms with Crippen LogP contribution in [0.2, 0.25) is 0 Å². The minimum absolute atomic E-state index is 0.0432. The summed E-state index contributed by atoms with van der Waals surface area (Å²) in [5.74, 6) is -1.01. The molecule has 1 aromatic rings. The van der Waals surface area contributed by atoms with Gasteiger partial charge in [0.2, 0.25) is 11.8 Å². The number of hydrogen-bond donors (Lipinski definition) is 4. The van der Waals surface area contributed by atoms with Crippen molar-refractivity contribution in [3.8, 4) is 0 Å². The zero-order valence-electron chi connectivity index (χ0n) is 20.4. The highest BCUT2D eigenvalue weighted by Gasteiger charge is 2.31. The Bertz CT molecular complexity index is 804. The number of nitrogens with one attached hydrogen (secondary N) is 2. The Kier molecular flexibility index (Phi) is 12.9. The van der Waals surface area contributed by atoms with Gasteiger partial charge in [0.15, 0.2) is 0 Å². The topological polar surface area (TPSA) is 128 Å². The smallest absolute Gasteiger partial charge is 0.407 e. The van der Waals surface area contributed by atoms with Crippen LogP contribution in [0.25, 0.3) is 0 Å². The Morgan fingerprint density at radius 3 is 2.66 bits per heavy atom. The molecule has 0 saturated carbocycles. The first kappa shape index (κ1) is 28.3. The minimum atomic E-state index is -0.574. The molecular formula is C26H39N3O6. The predicted molar refractivity (Wildman–Crippen MR) is 132 cm³/mol. The fourth-order valence-electron chi connectivity index (χ4n) is 4.17. The molecule has 3 amide bonds. The van der Waals surface area contributed by atoms with E-state index >= 15 is 0 Å². The molecule has 1 aliphatic rings. The van der Waals surface area contributed by atoms with Gasteiger partial charge in [-0.15, -0.1) is 6.58 Å². The number of amides is 3. The van der Waals surface area contributed by atoms with Crippen LogP contribution in [0, 0.1) is 5.92 Å². The van der Waals surface area contributed by atoms with E-state index in [2.05, 4.69) is 17.2 Å². The van der Waals surface area contributed by atoms with Crippen molar-refractivity contribution in [2.24, 2.45) is 5.92 Å². The van der Waals surface area contributed by atoms with Gasteiger partial charge in [-0.2, -0.15) is 0 Å². The molecule has 194 valence electrons. The van der Waals surface area contributed by atoms with Gasteiger partial charge in [0.25, 0.3) is 0 Å². The number of unbranched alkanes of at least 4 members (excludes halogenated alkanes) is 1. The molecule has 0 spiro atoms. The van der Waals surface area contributed by atoms with Crippen molar-refractivity contribution in [3.63, 3.8) is 0 Å². The summed E-state index contributed by atoms with van der Waals surface area (Å²) in [6, 6.07) is 8.80. The monoisotopic (exact) mass is 489 g/mol. The van der Waals surface area contributed by atoms with Crippen LogP contribution in [-0.2, 0) is 20.9 Å². The molecule has 1 fully saturated rings. The highest BCUT2D eigenvalue weighted by atomic mass is 16.5. The maximum atomic E-state index is 12.8. The summed E-state index contributed by atoms with van der Waals surface area (Å²) in [4.78, 5) is 38.9. The van der Waals surface area contributed by atoms with Crippen LogP contribution in [-0.4, -0.2) is 71.4 Å². The van der Waals surface area contributed by atoms with Crippen molar-refractivity contribution in [1.29, 1.82) is 0 Å². The van der Waals surface area contributed by atoms with Gasteiger partial charge < -0.3 is 30.5 Å². The second kappa shape index (κ2) is 15.9. The molecule has 35 heavy (non-hydrogen) atoms. The molecule has 9 heteroatoms. The van der Waals surface area contributed by atoms with Gasteiger partial charge in [-0.25, -0.2) is 4.79 Å². The van der Waals surface area contributed by atoms with E-state index in [-0.39, 0.29) is 44.1 Å². The van der Waals surface area contributed by atoms with E-state index in [1.54, 1.807) is 11.0 Å². The van der Waals surface area contributed by atoms with E-state index in [4.69, 9.17) is 4.74 Å². The molecule has 3 atom stereocenters. The van der Waals surface area contributed by atoms with E-state index in [1.807, 2.05) is 30.3 Å². The Hall–Kier alpha value is -2.91. The summed E-state index contributed by atoms with van der Waals surface area (Å²) in [6.45, 7) is 4.63. The summed E-state index contributed by atoms with van der Waals surface area (Å²) in [5, 5.41) is 24.7. The Morgan fingerprint density at radius 1 is 1.20 bits per heavy atom. The zero-order chi connectivity index (χ0) is 25.5. The molecule has 1 aromatic carbocycles. The number of carbonyl (C=O) groups is 3. The number of likely N-dealkylation sites (tertiary alicyclic amines) is 1. The molecule has 1 saturated heterocycles. The van der Waals surface area contributed by atoms with Gasteiger partial charge in [-0.1, -0.05) is 36.4 Å². The first-order valence-corrected chi connectivity index (χ1v) is 12.4. The quantitative estimate of drug-likeness (QED) is 0.221. The number of alkyl carbamates (subject to hydrolysis) is 1. The molecule has 1 heterocycles. The Balaban J connectivity index is 1.68. The molecule has 0 bridgehead atoms. The number of benzene rings is 1.